The molecule has 0 bridgehead atoms. The van der Waals surface area contributed by atoms with Crippen molar-refractivity contribution < 1.29 is 18.9 Å². The average molecular weight is 337 g/mol. The summed E-state index contributed by atoms with van der Waals surface area (Å²) < 4.78 is 10.3. The van der Waals surface area contributed by atoms with E-state index < -0.39 is 11.0 Å². The molecule has 1 aromatic rings. The fraction of sp³-hybridized carbons (Fsp3) is 0.571. The van der Waals surface area contributed by atoms with Crippen molar-refractivity contribution in [2.75, 3.05) is 46.3 Å². The molecular formula is C14H19N5O5. The van der Waals surface area contributed by atoms with Crippen LogP contribution < -0.4 is 0 Å². The van der Waals surface area contributed by atoms with Gasteiger partial charge in [-0.05, 0) is 13.1 Å². The van der Waals surface area contributed by atoms with Crippen molar-refractivity contribution in [2.45, 2.75) is 6.10 Å². The maximum atomic E-state index is 11.8. The number of nitro groups is 1. The van der Waals surface area contributed by atoms with Gasteiger partial charge in [0.05, 0.1) is 18.8 Å². The summed E-state index contributed by atoms with van der Waals surface area (Å²) >= 11 is 0. The van der Waals surface area contributed by atoms with Gasteiger partial charge in [-0.15, -0.1) is 0 Å². The average Bonchev–Trinajstić information content (AvgIpc) is 3.14. The molecule has 3 heterocycles. The van der Waals surface area contributed by atoms with E-state index >= 15 is 0 Å². The number of hydrogen-bond donors (Lipinski definition) is 0. The number of hydrogen-bond acceptors (Lipinski definition) is 8. The van der Waals surface area contributed by atoms with Gasteiger partial charge in [0.2, 0.25) is 0 Å². The summed E-state index contributed by atoms with van der Waals surface area (Å²) in [5, 5.41) is 15.8. The highest BCUT2D eigenvalue weighted by molar-refractivity contribution is 5.78. The lowest BCUT2D eigenvalue weighted by Gasteiger charge is -2.33. The van der Waals surface area contributed by atoms with Crippen molar-refractivity contribution in [3.8, 4) is 0 Å². The number of carbonyl (C=O) groups is 1. The Bertz CT molecular complexity index is 637. The third-order valence-corrected chi connectivity index (χ3v) is 4.03. The third-order valence-electron chi connectivity index (χ3n) is 4.03. The van der Waals surface area contributed by atoms with Gasteiger partial charge < -0.3 is 14.1 Å². The summed E-state index contributed by atoms with van der Waals surface area (Å²) in [7, 11) is 2.09. The second kappa shape index (κ2) is 6.97. The number of cyclic esters (lactones) is 1. The normalized spacial score (nSPS) is 23.1. The van der Waals surface area contributed by atoms with Gasteiger partial charge in [-0.25, -0.2) is 4.79 Å². The highest BCUT2D eigenvalue weighted by Gasteiger charge is 2.33. The van der Waals surface area contributed by atoms with Gasteiger partial charge in [-0.1, -0.05) is 0 Å². The summed E-state index contributed by atoms with van der Waals surface area (Å²) in [6.45, 7) is 4.93. The molecule has 0 spiro atoms. The maximum absolute atomic E-state index is 11.8. The van der Waals surface area contributed by atoms with Crippen LogP contribution in [0.1, 0.15) is 5.76 Å². The molecule has 1 atom stereocenters. The molecular weight excluding hydrogens is 318 g/mol. The first-order chi connectivity index (χ1) is 11.5. The van der Waals surface area contributed by atoms with E-state index in [2.05, 4.69) is 21.9 Å². The van der Waals surface area contributed by atoms with Crippen LogP contribution in [0.3, 0.4) is 0 Å². The van der Waals surface area contributed by atoms with Crippen LogP contribution in [0.25, 0.3) is 0 Å². The topological polar surface area (TPSA) is 105 Å². The third kappa shape index (κ3) is 3.89. The molecule has 0 aliphatic carbocycles. The summed E-state index contributed by atoms with van der Waals surface area (Å²) in [4.78, 5) is 26.3. The molecule has 1 aromatic heterocycles. The molecule has 2 fully saturated rings. The molecule has 10 nitrogen and oxygen atoms in total. The van der Waals surface area contributed by atoms with Crippen LogP contribution in [-0.2, 0) is 4.74 Å². The first-order valence-electron chi connectivity index (χ1n) is 7.68. The largest absolute Gasteiger partial charge is 0.441 e. The Hall–Kier alpha value is -2.46. The van der Waals surface area contributed by atoms with Gasteiger partial charge in [-0.2, -0.15) is 10.1 Å². The number of carbonyl (C=O) groups excluding carboxylic acids is 1. The van der Waals surface area contributed by atoms with Crippen molar-refractivity contribution in [3.05, 3.63) is 28.0 Å². The number of rotatable bonds is 5. The lowest BCUT2D eigenvalue weighted by Crippen LogP contribution is -2.47. The molecule has 0 radical (unpaired) electrons. The van der Waals surface area contributed by atoms with E-state index in [0.29, 0.717) is 13.1 Å². The van der Waals surface area contributed by atoms with Crippen LogP contribution in [0.2, 0.25) is 0 Å². The first kappa shape index (κ1) is 16.4. The molecule has 2 aliphatic rings. The number of likely N-dealkylation sites (N-methyl/N-ethyl adjacent to an activating group) is 1. The van der Waals surface area contributed by atoms with E-state index in [9.17, 15) is 14.9 Å². The second-order valence-corrected chi connectivity index (χ2v) is 5.87. The van der Waals surface area contributed by atoms with E-state index in [1.807, 2.05) is 0 Å². The van der Waals surface area contributed by atoms with E-state index in [0.717, 1.165) is 26.2 Å². The summed E-state index contributed by atoms with van der Waals surface area (Å²) in [5.41, 5.74) is 0. The highest BCUT2D eigenvalue weighted by atomic mass is 16.6. The predicted molar refractivity (Wildman–Crippen MR) is 83.9 cm³/mol. The van der Waals surface area contributed by atoms with Gasteiger partial charge >= 0.3 is 12.0 Å². The van der Waals surface area contributed by atoms with Crippen molar-refractivity contribution in [3.63, 3.8) is 0 Å². The maximum Gasteiger partial charge on any atom is 0.433 e. The number of piperazine rings is 1. The number of furan rings is 1. The van der Waals surface area contributed by atoms with E-state index in [1.54, 1.807) is 0 Å². The lowest BCUT2D eigenvalue weighted by atomic mass is 10.2. The Kier molecular flexibility index (Phi) is 4.76. The first-order valence-corrected chi connectivity index (χ1v) is 7.68. The molecule has 0 saturated carbocycles. The van der Waals surface area contributed by atoms with Gasteiger partial charge in [0.1, 0.15) is 11.0 Å². The van der Waals surface area contributed by atoms with Crippen molar-refractivity contribution in [1.29, 1.82) is 0 Å². The van der Waals surface area contributed by atoms with E-state index in [1.165, 1.54) is 23.4 Å². The minimum absolute atomic E-state index is 0.206. The zero-order chi connectivity index (χ0) is 17.1. The summed E-state index contributed by atoms with van der Waals surface area (Å²) in [6.07, 6.45) is 0.516. The second-order valence-electron chi connectivity index (χ2n) is 5.87. The number of ether oxygens (including phenoxy) is 1. The van der Waals surface area contributed by atoms with Crippen molar-refractivity contribution >= 4 is 18.2 Å². The fourth-order valence-electron chi connectivity index (χ4n) is 2.65. The summed E-state index contributed by atoms with van der Waals surface area (Å²) in [6, 6.07) is 2.66. The molecule has 1 unspecified atom stereocenters. The SMILES string of the molecule is CN1CCN(CC2CN(/N=C/c3ccc([N+](=O)[O-])o3)C(=O)O2)CC1. The molecule has 0 N–H and O–H groups in total. The predicted octanol–water partition coefficient (Wildman–Crippen LogP) is 0.590. The van der Waals surface area contributed by atoms with Gasteiger partial charge in [0.25, 0.3) is 0 Å². The van der Waals surface area contributed by atoms with Crippen LogP contribution in [0.15, 0.2) is 21.7 Å². The standard InChI is InChI=1S/C14H19N5O5/c1-16-4-6-17(7-5-16)9-12-10-18(14(20)24-12)15-8-11-2-3-13(23-11)19(21)22/h2-3,8,12H,4-7,9-10H2,1H3/b15-8+. The molecule has 2 aliphatic heterocycles. The van der Waals surface area contributed by atoms with Gasteiger partial charge in [0.15, 0.2) is 5.76 Å². The Labute approximate surface area is 138 Å². The Morgan fingerprint density at radius 3 is 2.79 bits per heavy atom. The highest BCUT2D eigenvalue weighted by Crippen LogP contribution is 2.16. The molecule has 24 heavy (non-hydrogen) atoms. The molecule has 2 saturated heterocycles. The molecule has 3 rings (SSSR count). The summed E-state index contributed by atoms with van der Waals surface area (Å²) in [5.74, 6) is -0.162. The van der Waals surface area contributed by atoms with Crippen molar-refractivity contribution in [1.82, 2.24) is 14.8 Å². The van der Waals surface area contributed by atoms with Crippen molar-refractivity contribution in [2.24, 2.45) is 5.10 Å². The Morgan fingerprint density at radius 1 is 1.38 bits per heavy atom. The minimum Gasteiger partial charge on any atom is -0.441 e. The number of nitrogens with zero attached hydrogens (tertiary/aromatic N) is 5. The number of amides is 1. The van der Waals surface area contributed by atoms with Gasteiger partial charge in [-0.3, -0.25) is 15.0 Å². The number of hydrazone groups is 1. The quantitative estimate of drug-likeness (QED) is 0.440. The van der Waals surface area contributed by atoms with E-state index in [4.69, 9.17) is 9.15 Å². The van der Waals surface area contributed by atoms with Crippen LogP contribution >= 0.6 is 0 Å². The molecule has 130 valence electrons. The van der Waals surface area contributed by atoms with E-state index in [-0.39, 0.29) is 17.7 Å². The monoisotopic (exact) mass is 337 g/mol. The fourth-order valence-corrected chi connectivity index (χ4v) is 2.65. The van der Waals surface area contributed by atoms with Crippen LogP contribution in [0.4, 0.5) is 10.7 Å². The lowest BCUT2D eigenvalue weighted by molar-refractivity contribution is -0.402. The Morgan fingerprint density at radius 2 is 2.12 bits per heavy atom. The van der Waals surface area contributed by atoms with Crippen LogP contribution in [0, 0.1) is 10.1 Å². The Balaban J connectivity index is 1.52. The zero-order valence-electron chi connectivity index (χ0n) is 13.3. The minimum atomic E-state index is -0.631. The molecule has 1 amide bonds. The smallest absolute Gasteiger partial charge is 0.433 e. The van der Waals surface area contributed by atoms with Crippen LogP contribution in [-0.4, -0.2) is 84.5 Å². The zero-order valence-corrected chi connectivity index (χ0v) is 13.3. The molecule has 0 aromatic carbocycles. The van der Waals surface area contributed by atoms with Crippen LogP contribution in [0.5, 0.6) is 0 Å². The van der Waals surface area contributed by atoms with Gasteiger partial charge in [0, 0.05) is 32.7 Å². The molecule has 10 heteroatoms.